The number of aliphatic imine (C=N–C) groups is 1. The number of nitrogens with zero attached hydrogens (tertiary/aromatic N) is 2. The summed E-state index contributed by atoms with van der Waals surface area (Å²) >= 11 is 0. The molecule has 8 heteroatoms. The zero-order valence-electron chi connectivity index (χ0n) is 17.0. The summed E-state index contributed by atoms with van der Waals surface area (Å²) in [6.07, 6.45) is 2.25. The van der Waals surface area contributed by atoms with Gasteiger partial charge < -0.3 is 25.4 Å². The fraction of sp³-hybridized carbons (Fsp3) is 0.600. The van der Waals surface area contributed by atoms with E-state index in [0.717, 1.165) is 30.6 Å². The first-order valence-corrected chi connectivity index (χ1v) is 9.73. The van der Waals surface area contributed by atoms with Gasteiger partial charge in [0.2, 0.25) is 0 Å². The van der Waals surface area contributed by atoms with Gasteiger partial charge in [0.05, 0.1) is 13.2 Å². The van der Waals surface area contributed by atoms with Gasteiger partial charge in [-0.25, -0.2) is 9.79 Å². The Hall–Kier alpha value is -1.71. The zero-order chi connectivity index (χ0) is 19.6. The van der Waals surface area contributed by atoms with Gasteiger partial charge in [0.1, 0.15) is 11.9 Å². The summed E-state index contributed by atoms with van der Waals surface area (Å²) in [5.41, 5.74) is 7.16. The molecule has 0 aromatic heterocycles. The molecule has 0 spiro atoms. The van der Waals surface area contributed by atoms with Crippen molar-refractivity contribution in [3.05, 3.63) is 29.8 Å². The van der Waals surface area contributed by atoms with Crippen LogP contribution in [0.15, 0.2) is 29.3 Å². The Balaban J connectivity index is 0.00000392. The number of para-hydroxylation sites is 1. The van der Waals surface area contributed by atoms with Gasteiger partial charge in [-0.05, 0) is 44.7 Å². The number of amides is 1. The molecule has 1 aliphatic heterocycles. The Kier molecular flexibility index (Phi) is 11.0. The van der Waals surface area contributed by atoms with Crippen molar-refractivity contribution in [3.8, 4) is 5.75 Å². The molecule has 1 atom stereocenters. The molecule has 1 unspecified atom stereocenters. The number of halogens is 1. The van der Waals surface area contributed by atoms with Crippen molar-refractivity contribution in [1.82, 2.24) is 10.2 Å². The number of carbonyl (C=O) groups excluding carboxylic acids is 1. The first-order valence-electron chi connectivity index (χ1n) is 9.73. The number of benzene rings is 1. The van der Waals surface area contributed by atoms with Crippen LogP contribution in [0, 0.1) is 6.92 Å². The van der Waals surface area contributed by atoms with Crippen LogP contribution in [0.25, 0.3) is 0 Å². The van der Waals surface area contributed by atoms with Gasteiger partial charge in [-0.15, -0.1) is 24.0 Å². The van der Waals surface area contributed by atoms with Crippen LogP contribution in [0.2, 0.25) is 0 Å². The minimum absolute atomic E-state index is 0. The summed E-state index contributed by atoms with van der Waals surface area (Å²) in [5, 5.41) is 3.26. The van der Waals surface area contributed by atoms with Crippen LogP contribution < -0.4 is 15.8 Å². The highest BCUT2D eigenvalue weighted by atomic mass is 127. The monoisotopic (exact) mass is 504 g/mol. The summed E-state index contributed by atoms with van der Waals surface area (Å²) in [5.74, 6) is 1.31. The molecular weight excluding hydrogens is 471 g/mol. The maximum Gasteiger partial charge on any atom is 0.409 e. The molecule has 7 nitrogen and oxygen atoms in total. The van der Waals surface area contributed by atoms with E-state index >= 15 is 0 Å². The van der Waals surface area contributed by atoms with E-state index in [0.29, 0.717) is 32.2 Å². The Morgan fingerprint density at radius 2 is 2.00 bits per heavy atom. The summed E-state index contributed by atoms with van der Waals surface area (Å²) < 4.78 is 11.1. The minimum Gasteiger partial charge on any atom is -0.488 e. The fourth-order valence-corrected chi connectivity index (χ4v) is 2.99. The van der Waals surface area contributed by atoms with Gasteiger partial charge in [0, 0.05) is 19.1 Å². The highest BCUT2D eigenvalue weighted by molar-refractivity contribution is 14.0. The highest BCUT2D eigenvalue weighted by Gasteiger charge is 2.23. The number of ether oxygens (including phenoxy) is 2. The van der Waals surface area contributed by atoms with Gasteiger partial charge in [-0.1, -0.05) is 25.1 Å². The van der Waals surface area contributed by atoms with Crippen molar-refractivity contribution < 1.29 is 14.3 Å². The molecule has 1 aromatic rings. The molecule has 0 radical (unpaired) electrons. The van der Waals surface area contributed by atoms with E-state index in [4.69, 9.17) is 15.2 Å². The largest absolute Gasteiger partial charge is 0.488 e. The number of aryl methyl sites for hydroxylation is 1. The van der Waals surface area contributed by atoms with Crippen molar-refractivity contribution in [2.45, 2.75) is 52.2 Å². The Morgan fingerprint density at radius 3 is 2.61 bits per heavy atom. The molecule has 3 N–H and O–H groups in total. The Labute approximate surface area is 185 Å². The number of hydrogen-bond donors (Lipinski definition) is 2. The summed E-state index contributed by atoms with van der Waals surface area (Å²) in [6.45, 7) is 8.16. The minimum atomic E-state index is -0.239. The lowest BCUT2D eigenvalue weighted by atomic mass is 10.1. The lowest BCUT2D eigenvalue weighted by molar-refractivity contribution is 0.0963. The number of hydrogen-bond acceptors (Lipinski definition) is 4. The summed E-state index contributed by atoms with van der Waals surface area (Å²) in [6, 6.07) is 8.19. The number of rotatable bonds is 7. The third-order valence-electron chi connectivity index (χ3n) is 4.68. The Bertz CT molecular complexity index is 634. The van der Waals surface area contributed by atoms with E-state index < -0.39 is 0 Å². The van der Waals surface area contributed by atoms with E-state index in [-0.39, 0.29) is 42.2 Å². The molecule has 0 aliphatic carbocycles. The van der Waals surface area contributed by atoms with E-state index in [2.05, 4.69) is 17.2 Å². The highest BCUT2D eigenvalue weighted by Crippen LogP contribution is 2.19. The Morgan fingerprint density at radius 1 is 1.32 bits per heavy atom. The number of carbonyl (C=O) groups is 1. The van der Waals surface area contributed by atoms with Crippen LogP contribution >= 0.6 is 24.0 Å². The van der Waals surface area contributed by atoms with E-state index in [9.17, 15) is 4.79 Å². The van der Waals surface area contributed by atoms with Gasteiger partial charge in [-0.2, -0.15) is 0 Å². The first kappa shape index (κ1) is 24.3. The molecule has 1 aliphatic rings. The van der Waals surface area contributed by atoms with Gasteiger partial charge in [-0.3, -0.25) is 0 Å². The molecule has 158 valence electrons. The van der Waals surface area contributed by atoms with Crippen LogP contribution in [0.3, 0.4) is 0 Å². The lowest BCUT2D eigenvalue weighted by Crippen LogP contribution is -2.48. The molecule has 1 saturated heterocycles. The normalized spacial score (nSPS) is 16.1. The van der Waals surface area contributed by atoms with Crippen molar-refractivity contribution in [2.75, 3.05) is 26.2 Å². The maximum atomic E-state index is 11.7. The first-order chi connectivity index (χ1) is 13.0. The van der Waals surface area contributed by atoms with E-state index in [1.165, 1.54) is 0 Å². The second kappa shape index (κ2) is 12.7. The molecule has 1 aromatic carbocycles. The second-order valence-corrected chi connectivity index (χ2v) is 6.74. The summed E-state index contributed by atoms with van der Waals surface area (Å²) in [4.78, 5) is 17.9. The molecule has 1 heterocycles. The van der Waals surface area contributed by atoms with Gasteiger partial charge in [0.15, 0.2) is 5.96 Å². The van der Waals surface area contributed by atoms with E-state index in [1.807, 2.05) is 38.1 Å². The van der Waals surface area contributed by atoms with Crippen LogP contribution in [0.1, 0.15) is 38.7 Å². The number of piperidine rings is 1. The lowest BCUT2D eigenvalue weighted by Gasteiger charge is -2.31. The standard InChI is InChI=1S/C20H32N4O3.HI/c1-4-17(27-18-9-7-6-8-15(18)3)14-22-19(21)23-16-10-12-24(13-11-16)20(25)26-5-2;/h6-9,16-17H,4-5,10-14H2,1-3H3,(H3,21,22,23);1H. The van der Waals surface area contributed by atoms with Crippen LogP contribution in [-0.4, -0.2) is 55.3 Å². The maximum absolute atomic E-state index is 11.7. The van der Waals surface area contributed by atoms with Crippen molar-refractivity contribution in [2.24, 2.45) is 10.7 Å². The number of nitrogens with one attached hydrogen (secondary N) is 1. The van der Waals surface area contributed by atoms with Crippen molar-refractivity contribution in [3.63, 3.8) is 0 Å². The van der Waals surface area contributed by atoms with Crippen molar-refractivity contribution in [1.29, 1.82) is 0 Å². The van der Waals surface area contributed by atoms with Gasteiger partial charge >= 0.3 is 6.09 Å². The van der Waals surface area contributed by atoms with Crippen LogP contribution in [0.5, 0.6) is 5.75 Å². The quantitative estimate of drug-likeness (QED) is 0.338. The molecule has 0 bridgehead atoms. The SMILES string of the molecule is CCOC(=O)N1CCC(NC(N)=NCC(CC)Oc2ccccc2C)CC1.I. The van der Waals surface area contributed by atoms with E-state index in [1.54, 1.807) is 4.90 Å². The molecule has 28 heavy (non-hydrogen) atoms. The average molecular weight is 504 g/mol. The topological polar surface area (TPSA) is 89.2 Å². The predicted molar refractivity (Wildman–Crippen MR) is 123 cm³/mol. The average Bonchev–Trinajstić information content (AvgIpc) is 2.67. The predicted octanol–water partition coefficient (Wildman–Crippen LogP) is 3.30. The third kappa shape index (κ3) is 7.73. The van der Waals surface area contributed by atoms with Crippen LogP contribution in [0.4, 0.5) is 4.79 Å². The number of guanidine groups is 1. The van der Waals surface area contributed by atoms with Crippen LogP contribution in [-0.2, 0) is 4.74 Å². The number of nitrogens with two attached hydrogens (primary N) is 1. The summed E-state index contributed by atoms with van der Waals surface area (Å²) in [7, 11) is 0. The molecule has 1 amide bonds. The number of likely N-dealkylation sites (tertiary alicyclic amines) is 1. The van der Waals surface area contributed by atoms with Gasteiger partial charge in [0.25, 0.3) is 0 Å². The molecular formula is C20H33IN4O3. The third-order valence-corrected chi connectivity index (χ3v) is 4.68. The second-order valence-electron chi connectivity index (χ2n) is 6.74. The molecule has 1 fully saturated rings. The molecule has 0 saturated carbocycles. The van der Waals surface area contributed by atoms with Crippen molar-refractivity contribution >= 4 is 36.0 Å². The smallest absolute Gasteiger partial charge is 0.409 e. The zero-order valence-corrected chi connectivity index (χ0v) is 19.3. The molecule has 2 rings (SSSR count). The fourth-order valence-electron chi connectivity index (χ4n) is 2.99.